The molecule has 102 valence electrons. The Balaban J connectivity index is 2.69. The van der Waals surface area contributed by atoms with Crippen molar-refractivity contribution in [1.82, 2.24) is 19.7 Å². The monoisotopic (exact) mass is 261 g/mol. The molecular formula is C13H19N5O. The Bertz CT molecular complexity index is 618. The minimum atomic E-state index is 0.507. The lowest BCUT2D eigenvalue weighted by molar-refractivity contribution is 0.374. The first-order valence-electron chi connectivity index (χ1n) is 6.20. The smallest absolute Gasteiger partial charge is 0.222 e. The molecule has 0 atom stereocenters. The predicted molar refractivity (Wildman–Crippen MR) is 74.1 cm³/mol. The van der Waals surface area contributed by atoms with Gasteiger partial charge in [-0.2, -0.15) is 5.10 Å². The van der Waals surface area contributed by atoms with E-state index in [0.717, 1.165) is 28.9 Å². The van der Waals surface area contributed by atoms with Gasteiger partial charge in [-0.1, -0.05) is 6.92 Å². The highest BCUT2D eigenvalue weighted by Crippen LogP contribution is 2.31. The summed E-state index contributed by atoms with van der Waals surface area (Å²) in [5, 5.41) is 4.34. The van der Waals surface area contributed by atoms with Gasteiger partial charge in [0.25, 0.3) is 0 Å². The summed E-state index contributed by atoms with van der Waals surface area (Å²) < 4.78 is 7.05. The van der Waals surface area contributed by atoms with E-state index in [9.17, 15) is 0 Å². The van der Waals surface area contributed by atoms with Crippen LogP contribution in [0.15, 0.2) is 0 Å². The number of hydrogen-bond acceptors (Lipinski definition) is 5. The Kier molecular flexibility index (Phi) is 3.42. The van der Waals surface area contributed by atoms with Gasteiger partial charge in [0.15, 0.2) is 5.82 Å². The molecule has 6 nitrogen and oxygen atoms in total. The highest BCUT2D eigenvalue weighted by Gasteiger charge is 2.20. The molecule has 0 aromatic carbocycles. The highest BCUT2D eigenvalue weighted by atomic mass is 16.5. The lowest BCUT2D eigenvalue weighted by atomic mass is 10.1. The molecule has 0 bridgehead atoms. The molecule has 19 heavy (non-hydrogen) atoms. The second-order valence-corrected chi connectivity index (χ2v) is 4.45. The van der Waals surface area contributed by atoms with E-state index < -0.39 is 0 Å². The zero-order valence-electron chi connectivity index (χ0n) is 12.0. The predicted octanol–water partition coefficient (Wildman–Crippen LogP) is 1.65. The number of aromatic nitrogens is 4. The average Bonchev–Trinajstić information content (AvgIpc) is 2.66. The van der Waals surface area contributed by atoms with Gasteiger partial charge in [0.05, 0.1) is 12.8 Å². The maximum atomic E-state index is 5.96. The molecule has 0 saturated heterocycles. The van der Waals surface area contributed by atoms with E-state index in [2.05, 4.69) is 15.1 Å². The van der Waals surface area contributed by atoms with Crippen LogP contribution in [0, 0.1) is 13.8 Å². The number of nitrogens with two attached hydrogens (primary N) is 1. The largest absolute Gasteiger partial charge is 0.481 e. The van der Waals surface area contributed by atoms with Crippen molar-refractivity contribution >= 4 is 5.82 Å². The Hall–Kier alpha value is -2.11. The Labute approximate surface area is 112 Å². The van der Waals surface area contributed by atoms with Crippen LogP contribution < -0.4 is 10.5 Å². The van der Waals surface area contributed by atoms with Crippen LogP contribution in [0.25, 0.3) is 11.4 Å². The zero-order valence-corrected chi connectivity index (χ0v) is 12.0. The van der Waals surface area contributed by atoms with Crippen LogP contribution >= 0.6 is 0 Å². The molecule has 0 spiro atoms. The van der Waals surface area contributed by atoms with Gasteiger partial charge in [0.1, 0.15) is 11.4 Å². The summed E-state index contributed by atoms with van der Waals surface area (Å²) in [4.78, 5) is 8.95. The summed E-state index contributed by atoms with van der Waals surface area (Å²) in [6.07, 6.45) is 0.813. The molecule has 6 heteroatoms. The zero-order chi connectivity index (χ0) is 14.2. The molecule has 0 fully saturated rings. The number of hydrogen-bond donors (Lipinski definition) is 1. The Morgan fingerprint density at radius 1 is 1.26 bits per heavy atom. The molecule has 0 aliphatic rings. The van der Waals surface area contributed by atoms with Crippen LogP contribution in [0.3, 0.4) is 0 Å². The van der Waals surface area contributed by atoms with Crippen molar-refractivity contribution in [2.45, 2.75) is 27.2 Å². The lowest BCUT2D eigenvalue weighted by Crippen LogP contribution is -2.05. The number of anilines is 1. The average molecular weight is 261 g/mol. The number of methoxy groups -OCH3 is 1. The standard InChI is InChI=1S/C13H19N5O/c1-6-9-7(2)11(14)16-12(15-9)10-8(3)17-18(4)13(10)19-5/h6H2,1-5H3,(H2,14,15,16). The van der Waals surface area contributed by atoms with Crippen molar-refractivity contribution in [2.75, 3.05) is 12.8 Å². The normalized spacial score (nSPS) is 10.8. The Morgan fingerprint density at radius 3 is 2.53 bits per heavy atom. The molecule has 2 rings (SSSR count). The molecule has 0 unspecified atom stereocenters. The van der Waals surface area contributed by atoms with Crippen LogP contribution in [0.4, 0.5) is 5.82 Å². The van der Waals surface area contributed by atoms with Crippen LogP contribution in [0.2, 0.25) is 0 Å². The first-order valence-corrected chi connectivity index (χ1v) is 6.20. The number of aryl methyl sites for hydroxylation is 3. The van der Waals surface area contributed by atoms with Gasteiger partial charge in [0.2, 0.25) is 5.88 Å². The molecule has 2 N–H and O–H groups in total. The first-order chi connectivity index (χ1) is 8.99. The quantitative estimate of drug-likeness (QED) is 0.908. The van der Waals surface area contributed by atoms with Crippen LogP contribution in [-0.2, 0) is 13.5 Å². The number of ether oxygens (including phenoxy) is 1. The third-order valence-corrected chi connectivity index (χ3v) is 3.21. The van der Waals surface area contributed by atoms with Crippen LogP contribution in [0.5, 0.6) is 5.88 Å². The third kappa shape index (κ3) is 2.14. The van der Waals surface area contributed by atoms with Crippen molar-refractivity contribution in [3.8, 4) is 17.3 Å². The number of rotatable bonds is 3. The van der Waals surface area contributed by atoms with Gasteiger partial charge < -0.3 is 10.5 Å². The van der Waals surface area contributed by atoms with E-state index in [4.69, 9.17) is 10.5 Å². The molecular weight excluding hydrogens is 242 g/mol. The summed E-state index contributed by atoms with van der Waals surface area (Å²) >= 11 is 0. The maximum Gasteiger partial charge on any atom is 0.222 e. The van der Waals surface area contributed by atoms with E-state index >= 15 is 0 Å². The van der Waals surface area contributed by atoms with Gasteiger partial charge in [-0.3, -0.25) is 0 Å². The second-order valence-electron chi connectivity index (χ2n) is 4.45. The van der Waals surface area contributed by atoms with Gasteiger partial charge >= 0.3 is 0 Å². The van der Waals surface area contributed by atoms with Crippen molar-refractivity contribution in [2.24, 2.45) is 7.05 Å². The molecule has 2 heterocycles. The number of nitrogen functional groups attached to an aromatic ring is 1. The summed E-state index contributed by atoms with van der Waals surface area (Å²) in [6.45, 7) is 5.89. The van der Waals surface area contributed by atoms with Gasteiger partial charge in [0, 0.05) is 18.3 Å². The summed E-state index contributed by atoms with van der Waals surface area (Å²) in [7, 11) is 3.44. The Morgan fingerprint density at radius 2 is 1.95 bits per heavy atom. The summed E-state index contributed by atoms with van der Waals surface area (Å²) in [5.74, 6) is 1.72. The van der Waals surface area contributed by atoms with Crippen LogP contribution in [0.1, 0.15) is 23.9 Å². The van der Waals surface area contributed by atoms with Crippen molar-refractivity contribution in [1.29, 1.82) is 0 Å². The van der Waals surface area contributed by atoms with Gasteiger partial charge in [-0.15, -0.1) is 0 Å². The van der Waals surface area contributed by atoms with Crippen molar-refractivity contribution in [3.63, 3.8) is 0 Å². The lowest BCUT2D eigenvalue weighted by Gasteiger charge is -2.09. The molecule has 0 saturated carbocycles. The van der Waals surface area contributed by atoms with E-state index in [1.807, 2.05) is 27.8 Å². The molecule has 0 amide bonds. The molecule has 2 aromatic heterocycles. The molecule has 0 aliphatic heterocycles. The second kappa shape index (κ2) is 4.87. The summed E-state index contributed by atoms with van der Waals surface area (Å²) in [6, 6.07) is 0. The fourth-order valence-electron chi connectivity index (χ4n) is 2.17. The van der Waals surface area contributed by atoms with Gasteiger partial charge in [-0.25, -0.2) is 14.6 Å². The van der Waals surface area contributed by atoms with E-state index in [1.165, 1.54) is 0 Å². The fourth-order valence-corrected chi connectivity index (χ4v) is 2.17. The molecule has 0 radical (unpaired) electrons. The van der Waals surface area contributed by atoms with E-state index in [-0.39, 0.29) is 0 Å². The third-order valence-electron chi connectivity index (χ3n) is 3.21. The van der Waals surface area contributed by atoms with Gasteiger partial charge in [-0.05, 0) is 20.3 Å². The maximum absolute atomic E-state index is 5.96. The van der Waals surface area contributed by atoms with Crippen molar-refractivity contribution in [3.05, 3.63) is 17.0 Å². The fraction of sp³-hybridized carbons (Fsp3) is 0.462. The minimum Gasteiger partial charge on any atom is -0.481 e. The minimum absolute atomic E-state index is 0.507. The first kappa shape index (κ1) is 13.3. The van der Waals surface area contributed by atoms with Crippen molar-refractivity contribution < 1.29 is 4.74 Å². The van der Waals surface area contributed by atoms with E-state index in [0.29, 0.717) is 17.5 Å². The molecule has 0 aliphatic carbocycles. The number of nitrogens with zero attached hydrogens (tertiary/aromatic N) is 4. The van der Waals surface area contributed by atoms with Crippen LogP contribution in [-0.4, -0.2) is 26.9 Å². The van der Waals surface area contributed by atoms with E-state index in [1.54, 1.807) is 11.8 Å². The molecule has 2 aromatic rings. The highest BCUT2D eigenvalue weighted by molar-refractivity contribution is 5.67. The topological polar surface area (TPSA) is 78.8 Å². The SMILES string of the molecule is CCc1nc(-c2c(C)nn(C)c2OC)nc(N)c1C. The summed E-state index contributed by atoms with van der Waals surface area (Å²) in [5.41, 5.74) is 9.47.